The summed E-state index contributed by atoms with van der Waals surface area (Å²) in [5, 5.41) is 3.54. The van der Waals surface area contributed by atoms with Gasteiger partial charge in [-0.05, 0) is 49.3 Å². The van der Waals surface area contributed by atoms with Crippen LogP contribution in [0.4, 0.5) is 5.69 Å². The van der Waals surface area contributed by atoms with Gasteiger partial charge in [0.1, 0.15) is 0 Å². The van der Waals surface area contributed by atoms with Gasteiger partial charge >= 0.3 is 0 Å². The summed E-state index contributed by atoms with van der Waals surface area (Å²) in [4.78, 5) is 25.1. The number of imide groups is 1. The average molecular weight is 286 g/mol. The van der Waals surface area contributed by atoms with Gasteiger partial charge in [-0.3, -0.25) is 14.5 Å². The molecule has 112 valence electrons. The fraction of sp³-hybridized carbons (Fsp3) is 0.529. The summed E-state index contributed by atoms with van der Waals surface area (Å²) in [5.41, 5.74) is 1.97. The highest BCUT2D eigenvalue weighted by molar-refractivity contribution is 6.21. The summed E-state index contributed by atoms with van der Waals surface area (Å²) in [5.74, 6) is 1.05. The maximum absolute atomic E-state index is 12.0. The molecular weight excluding hydrogens is 264 g/mol. The van der Waals surface area contributed by atoms with E-state index in [0.717, 1.165) is 30.4 Å². The molecular formula is C17H22N2O2. The van der Waals surface area contributed by atoms with E-state index in [4.69, 9.17) is 0 Å². The van der Waals surface area contributed by atoms with Crippen LogP contribution in [0.15, 0.2) is 18.2 Å². The maximum Gasteiger partial charge on any atom is 0.261 e. The number of amides is 2. The third kappa shape index (κ3) is 2.55. The first-order chi connectivity index (χ1) is 9.95. The topological polar surface area (TPSA) is 49.4 Å². The quantitative estimate of drug-likeness (QED) is 0.850. The van der Waals surface area contributed by atoms with E-state index in [2.05, 4.69) is 19.2 Å². The average Bonchev–Trinajstić information content (AvgIpc) is 2.63. The fourth-order valence-electron chi connectivity index (χ4n) is 3.75. The molecule has 0 bridgehead atoms. The highest BCUT2D eigenvalue weighted by Crippen LogP contribution is 2.31. The van der Waals surface area contributed by atoms with Crippen molar-refractivity contribution in [3.05, 3.63) is 29.3 Å². The van der Waals surface area contributed by atoms with Gasteiger partial charge in [-0.2, -0.15) is 0 Å². The summed E-state index contributed by atoms with van der Waals surface area (Å²) in [6.45, 7) is 4.59. The predicted octanol–water partition coefficient (Wildman–Crippen LogP) is 3.15. The van der Waals surface area contributed by atoms with E-state index in [-0.39, 0.29) is 11.8 Å². The summed E-state index contributed by atoms with van der Waals surface area (Å²) >= 11 is 0. The van der Waals surface area contributed by atoms with Crippen LogP contribution in [0.3, 0.4) is 0 Å². The Bertz CT molecular complexity index is 586. The second kappa shape index (κ2) is 5.17. The number of fused-ring (bicyclic) bond motifs is 1. The maximum atomic E-state index is 12.0. The van der Waals surface area contributed by atoms with Crippen LogP contribution in [-0.4, -0.2) is 29.8 Å². The number of carbonyl (C=O) groups is 2. The van der Waals surface area contributed by atoms with E-state index < -0.39 is 0 Å². The molecule has 0 spiro atoms. The third-order valence-corrected chi connectivity index (χ3v) is 4.64. The molecule has 1 aromatic carbocycles. The van der Waals surface area contributed by atoms with E-state index in [9.17, 15) is 9.59 Å². The standard InChI is InChI=1S/C17H22N2O2/c1-10-6-11(2)8-13(7-10)18-12-4-5-14-15(9-12)17(21)19(3)16(14)20/h4-5,9-11,13,18H,6-8H2,1-3H3. The number of rotatable bonds is 2. The van der Waals surface area contributed by atoms with Crippen molar-refractivity contribution in [3.63, 3.8) is 0 Å². The largest absolute Gasteiger partial charge is 0.382 e. The Kier molecular flexibility index (Phi) is 3.47. The molecule has 2 unspecified atom stereocenters. The number of benzene rings is 1. The number of anilines is 1. The minimum Gasteiger partial charge on any atom is -0.382 e. The van der Waals surface area contributed by atoms with Gasteiger partial charge in [0.2, 0.25) is 0 Å². The van der Waals surface area contributed by atoms with Gasteiger partial charge in [0, 0.05) is 18.8 Å². The number of hydrogen-bond acceptors (Lipinski definition) is 3. The summed E-state index contributed by atoms with van der Waals surface area (Å²) < 4.78 is 0. The van der Waals surface area contributed by atoms with E-state index >= 15 is 0 Å². The van der Waals surface area contributed by atoms with Crippen molar-refractivity contribution in [3.8, 4) is 0 Å². The van der Waals surface area contributed by atoms with Gasteiger partial charge in [0.05, 0.1) is 11.1 Å². The van der Waals surface area contributed by atoms with Crippen LogP contribution < -0.4 is 5.32 Å². The molecule has 2 aliphatic rings. The van der Waals surface area contributed by atoms with Crippen molar-refractivity contribution in [1.82, 2.24) is 4.90 Å². The molecule has 1 aromatic rings. The van der Waals surface area contributed by atoms with Crippen LogP contribution in [0, 0.1) is 11.8 Å². The molecule has 21 heavy (non-hydrogen) atoms. The van der Waals surface area contributed by atoms with Crippen LogP contribution in [0.1, 0.15) is 53.8 Å². The minimum atomic E-state index is -0.207. The zero-order chi connectivity index (χ0) is 15.1. The van der Waals surface area contributed by atoms with Gasteiger partial charge in [0.15, 0.2) is 0 Å². The molecule has 0 radical (unpaired) electrons. The molecule has 1 fully saturated rings. The van der Waals surface area contributed by atoms with Crippen molar-refractivity contribution in [2.24, 2.45) is 11.8 Å². The lowest BCUT2D eigenvalue weighted by atomic mass is 9.80. The zero-order valence-electron chi connectivity index (χ0n) is 12.8. The smallest absolute Gasteiger partial charge is 0.261 e. The molecule has 3 rings (SSSR count). The molecule has 2 atom stereocenters. The van der Waals surface area contributed by atoms with Crippen LogP contribution in [0.5, 0.6) is 0 Å². The lowest BCUT2D eigenvalue weighted by Gasteiger charge is -2.32. The van der Waals surface area contributed by atoms with Crippen molar-refractivity contribution in [2.75, 3.05) is 12.4 Å². The molecule has 1 heterocycles. The van der Waals surface area contributed by atoms with Gasteiger partial charge in [-0.25, -0.2) is 0 Å². The Morgan fingerprint density at radius 2 is 1.62 bits per heavy atom. The second-order valence-electron chi connectivity index (χ2n) is 6.69. The van der Waals surface area contributed by atoms with Gasteiger partial charge in [0.25, 0.3) is 11.8 Å². The summed E-state index contributed by atoms with van der Waals surface area (Å²) in [6, 6.07) is 5.94. The van der Waals surface area contributed by atoms with E-state index in [0.29, 0.717) is 17.2 Å². The number of nitrogens with one attached hydrogen (secondary N) is 1. The van der Waals surface area contributed by atoms with Crippen molar-refractivity contribution in [2.45, 2.75) is 39.2 Å². The van der Waals surface area contributed by atoms with E-state index in [1.54, 1.807) is 6.07 Å². The van der Waals surface area contributed by atoms with E-state index in [1.807, 2.05) is 12.1 Å². The molecule has 2 amide bonds. The molecule has 0 saturated heterocycles. The molecule has 1 saturated carbocycles. The molecule has 4 nitrogen and oxygen atoms in total. The second-order valence-corrected chi connectivity index (χ2v) is 6.69. The first-order valence-electron chi connectivity index (χ1n) is 7.68. The highest BCUT2D eigenvalue weighted by atomic mass is 16.2. The summed E-state index contributed by atoms with van der Waals surface area (Å²) in [6.07, 6.45) is 3.61. The van der Waals surface area contributed by atoms with Crippen molar-refractivity contribution >= 4 is 17.5 Å². The molecule has 1 aliphatic carbocycles. The van der Waals surface area contributed by atoms with Gasteiger partial charge < -0.3 is 5.32 Å². The van der Waals surface area contributed by atoms with Crippen LogP contribution in [0.25, 0.3) is 0 Å². The number of carbonyl (C=O) groups excluding carboxylic acids is 2. The zero-order valence-corrected chi connectivity index (χ0v) is 12.8. The monoisotopic (exact) mass is 286 g/mol. The Hall–Kier alpha value is -1.84. The lowest BCUT2D eigenvalue weighted by molar-refractivity contribution is 0.0693. The van der Waals surface area contributed by atoms with Crippen LogP contribution in [0.2, 0.25) is 0 Å². The molecule has 0 aromatic heterocycles. The lowest BCUT2D eigenvalue weighted by Crippen LogP contribution is -2.30. The Labute approximate surface area is 125 Å². The normalized spacial score (nSPS) is 28.7. The highest BCUT2D eigenvalue weighted by Gasteiger charge is 2.33. The molecule has 4 heteroatoms. The van der Waals surface area contributed by atoms with Crippen molar-refractivity contribution in [1.29, 1.82) is 0 Å². The Balaban J connectivity index is 1.79. The fourth-order valence-corrected chi connectivity index (χ4v) is 3.75. The Morgan fingerprint density at radius 1 is 1.00 bits per heavy atom. The molecule has 1 aliphatic heterocycles. The number of hydrogen-bond donors (Lipinski definition) is 1. The number of nitrogens with zero attached hydrogens (tertiary/aromatic N) is 1. The minimum absolute atomic E-state index is 0.205. The van der Waals surface area contributed by atoms with Gasteiger partial charge in [-0.1, -0.05) is 13.8 Å². The first-order valence-corrected chi connectivity index (χ1v) is 7.68. The first kappa shape index (κ1) is 14.1. The molecule has 1 N–H and O–H groups in total. The SMILES string of the molecule is CC1CC(C)CC(Nc2ccc3c(c2)C(=O)N(C)C3=O)C1. The summed E-state index contributed by atoms with van der Waals surface area (Å²) in [7, 11) is 1.53. The van der Waals surface area contributed by atoms with Gasteiger partial charge in [-0.15, -0.1) is 0 Å². The third-order valence-electron chi connectivity index (χ3n) is 4.64. The van der Waals surface area contributed by atoms with E-state index in [1.165, 1.54) is 18.4 Å². The predicted molar refractivity (Wildman–Crippen MR) is 82.5 cm³/mol. The Morgan fingerprint density at radius 3 is 2.29 bits per heavy atom. The van der Waals surface area contributed by atoms with Crippen molar-refractivity contribution < 1.29 is 9.59 Å². The van der Waals surface area contributed by atoms with Crippen LogP contribution >= 0.6 is 0 Å². The van der Waals surface area contributed by atoms with Crippen LogP contribution in [-0.2, 0) is 0 Å².